The van der Waals surface area contributed by atoms with Crippen LogP contribution in [-0.4, -0.2) is 21.2 Å². The maximum Gasteiger partial charge on any atom is 0.238 e. The van der Waals surface area contributed by atoms with E-state index in [0.29, 0.717) is 5.92 Å². The quantitative estimate of drug-likeness (QED) is 0.266. The Morgan fingerprint density at radius 1 is 1.00 bits per heavy atom. The van der Waals surface area contributed by atoms with Crippen LogP contribution in [0.1, 0.15) is 57.9 Å². The Morgan fingerprint density at radius 2 is 1.57 bits per heavy atom. The van der Waals surface area contributed by atoms with Gasteiger partial charge in [-0.15, -0.1) is 0 Å². The van der Waals surface area contributed by atoms with Crippen molar-refractivity contribution in [3.8, 4) is 0 Å². The summed E-state index contributed by atoms with van der Waals surface area (Å²) in [5.74, 6) is 0.0526. The molecule has 0 radical (unpaired) electrons. The van der Waals surface area contributed by atoms with Crippen molar-refractivity contribution in [2.45, 2.75) is 76.3 Å². The smallest absolute Gasteiger partial charge is 0.238 e. The van der Waals surface area contributed by atoms with E-state index < -0.39 is 14.1 Å². The van der Waals surface area contributed by atoms with Crippen LogP contribution in [0, 0.1) is 0 Å². The van der Waals surface area contributed by atoms with E-state index in [-0.39, 0.29) is 0 Å². The lowest BCUT2D eigenvalue weighted by Gasteiger charge is -2.40. The summed E-state index contributed by atoms with van der Waals surface area (Å²) in [4.78, 5) is 5.98. The molecule has 0 bridgehead atoms. The topological polar surface area (TPSA) is 27.7 Å². The first-order chi connectivity index (χ1) is 11.1. The van der Waals surface area contributed by atoms with Gasteiger partial charge in [-0.3, -0.25) is 4.58 Å². The van der Waals surface area contributed by atoms with Gasteiger partial charge in [0.25, 0.3) is 0 Å². The first-order valence-electron chi connectivity index (χ1n) is 9.09. The number of ether oxygens (including phenoxy) is 1. The molecule has 1 aromatic carbocycles. The average Bonchev–Trinajstić information content (AvgIpc) is 2.64. The fourth-order valence-corrected chi connectivity index (χ4v) is 5.71. The van der Waals surface area contributed by atoms with Gasteiger partial charge in [-0.1, -0.05) is 51.1 Å². The first-order valence-corrected chi connectivity index (χ1v) is 11.6. The van der Waals surface area contributed by atoms with Crippen molar-refractivity contribution in [1.82, 2.24) is 0 Å². The molecule has 0 heterocycles. The molecular weight excluding hydrogens is 304 g/mol. The summed E-state index contributed by atoms with van der Waals surface area (Å²) in [5.41, 5.74) is 1.43. The molecule has 0 N–H and O–H groups in total. The molecule has 0 aliphatic heterocycles. The Morgan fingerprint density at radius 3 is 2.04 bits per heavy atom. The number of benzene rings is 1. The Balaban J connectivity index is 1.96. The molecule has 0 atom stereocenters. The van der Waals surface area contributed by atoms with E-state index in [1.165, 1.54) is 5.56 Å². The lowest BCUT2D eigenvalue weighted by Crippen LogP contribution is -2.44. The SMILES string of the molecule is CC[Si](CC)(CC)OOC1(OC)CCC(c2ccccc2)CC1. The molecule has 0 unspecified atom stereocenters. The van der Waals surface area contributed by atoms with Crippen molar-refractivity contribution in [3.05, 3.63) is 35.9 Å². The van der Waals surface area contributed by atoms with Crippen LogP contribution in [0.15, 0.2) is 30.3 Å². The minimum atomic E-state index is -1.75. The molecule has 1 aliphatic rings. The zero-order chi connectivity index (χ0) is 16.8. The van der Waals surface area contributed by atoms with Gasteiger partial charge in [0.2, 0.25) is 8.32 Å². The molecule has 4 heteroatoms. The molecule has 1 saturated carbocycles. The highest BCUT2D eigenvalue weighted by atomic mass is 28.4. The van der Waals surface area contributed by atoms with Gasteiger partial charge in [0, 0.05) is 20.0 Å². The van der Waals surface area contributed by atoms with Gasteiger partial charge in [-0.2, -0.15) is 0 Å². The Kier molecular flexibility index (Phi) is 6.83. The zero-order valence-electron chi connectivity index (χ0n) is 15.1. The lowest BCUT2D eigenvalue weighted by molar-refractivity contribution is -0.391. The molecule has 2 rings (SSSR count). The second-order valence-corrected chi connectivity index (χ2v) is 11.4. The summed E-state index contributed by atoms with van der Waals surface area (Å²) in [5, 5.41) is 0. The van der Waals surface area contributed by atoms with Crippen LogP contribution >= 0.6 is 0 Å². The summed E-state index contributed by atoms with van der Waals surface area (Å²) in [6, 6.07) is 14.0. The maximum absolute atomic E-state index is 6.07. The van der Waals surface area contributed by atoms with E-state index in [4.69, 9.17) is 14.2 Å². The predicted molar refractivity (Wildman–Crippen MR) is 96.8 cm³/mol. The van der Waals surface area contributed by atoms with E-state index in [1.54, 1.807) is 7.11 Å². The van der Waals surface area contributed by atoms with Crippen molar-refractivity contribution >= 4 is 8.32 Å². The van der Waals surface area contributed by atoms with Crippen LogP contribution in [0.2, 0.25) is 18.1 Å². The summed E-state index contributed by atoms with van der Waals surface area (Å²) in [7, 11) is 0.00148. The van der Waals surface area contributed by atoms with Gasteiger partial charge in [-0.05, 0) is 42.5 Å². The van der Waals surface area contributed by atoms with Crippen LogP contribution in [0.5, 0.6) is 0 Å². The van der Waals surface area contributed by atoms with Crippen LogP contribution in [0.4, 0.5) is 0 Å². The number of hydrogen-bond donors (Lipinski definition) is 0. The lowest BCUT2D eigenvalue weighted by atomic mass is 9.81. The molecule has 1 fully saturated rings. The molecule has 1 aromatic rings. The maximum atomic E-state index is 6.07. The van der Waals surface area contributed by atoms with E-state index >= 15 is 0 Å². The Labute approximate surface area is 142 Å². The molecule has 23 heavy (non-hydrogen) atoms. The van der Waals surface area contributed by atoms with Crippen molar-refractivity contribution in [2.75, 3.05) is 7.11 Å². The molecule has 3 nitrogen and oxygen atoms in total. The highest BCUT2D eigenvalue weighted by Gasteiger charge is 2.41. The molecule has 0 aromatic heterocycles. The number of methoxy groups -OCH3 is 1. The van der Waals surface area contributed by atoms with Crippen molar-refractivity contribution in [3.63, 3.8) is 0 Å². The van der Waals surface area contributed by atoms with E-state index in [0.717, 1.165) is 43.8 Å². The number of hydrogen-bond acceptors (Lipinski definition) is 3. The standard InChI is InChI=1S/C19H32O3Si/c1-5-23(6-2,7-3)22-21-19(20-4)15-13-18(14-16-19)17-11-9-8-10-12-17/h8-12,18H,5-7,13-16H2,1-4H3. The number of rotatable bonds is 8. The third-order valence-corrected chi connectivity index (χ3v) is 10.00. The van der Waals surface area contributed by atoms with E-state index in [1.807, 2.05) is 0 Å². The summed E-state index contributed by atoms with van der Waals surface area (Å²) < 4.78 is 11.8. The van der Waals surface area contributed by atoms with Gasteiger partial charge in [0.1, 0.15) is 0 Å². The molecule has 0 spiro atoms. The van der Waals surface area contributed by atoms with Crippen LogP contribution < -0.4 is 0 Å². The Bertz CT molecular complexity index is 443. The van der Waals surface area contributed by atoms with Gasteiger partial charge in [-0.25, -0.2) is 4.89 Å². The van der Waals surface area contributed by atoms with Gasteiger partial charge in [0.15, 0.2) is 5.79 Å². The third-order valence-electron chi connectivity index (χ3n) is 5.69. The average molecular weight is 337 g/mol. The fourth-order valence-electron chi connectivity index (χ4n) is 3.53. The zero-order valence-corrected chi connectivity index (χ0v) is 16.1. The second-order valence-electron chi connectivity index (χ2n) is 6.71. The van der Waals surface area contributed by atoms with Gasteiger partial charge < -0.3 is 4.74 Å². The normalized spacial score (nSPS) is 25.5. The summed E-state index contributed by atoms with van der Waals surface area (Å²) >= 11 is 0. The Hall–Kier alpha value is -0.683. The van der Waals surface area contributed by atoms with Gasteiger partial charge in [0.05, 0.1) is 0 Å². The summed E-state index contributed by atoms with van der Waals surface area (Å²) in [6.45, 7) is 6.65. The molecule has 0 amide bonds. The highest BCUT2D eigenvalue weighted by Crippen LogP contribution is 2.41. The fraction of sp³-hybridized carbons (Fsp3) is 0.684. The molecule has 130 valence electrons. The van der Waals surface area contributed by atoms with Crippen molar-refractivity contribution in [1.29, 1.82) is 0 Å². The summed E-state index contributed by atoms with van der Waals surface area (Å²) in [6.07, 6.45) is 3.95. The molecule has 0 saturated heterocycles. The van der Waals surface area contributed by atoms with Crippen molar-refractivity contribution < 1.29 is 14.2 Å². The van der Waals surface area contributed by atoms with Crippen LogP contribution in [0.3, 0.4) is 0 Å². The third kappa shape index (κ3) is 4.44. The molecule has 1 aliphatic carbocycles. The van der Waals surface area contributed by atoms with Crippen LogP contribution in [0.25, 0.3) is 0 Å². The van der Waals surface area contributed by atoms with Crippen molar-refractivity contribution in [2.24, 2.45) is 0 Å². The monoisotopic (exact) mass is 336 g/mol. The molecular formula is C19H32O3Si. The second kappa shape index (κ2) is 8.43. The minimum Gasteiger partial charge on any atom is -0.351 e. The van der Waals surface area contributed by atoms with Gasteiger partial charge >= 0.3 is 0 Å². The minimum absolute atomic E-state index is 0.553. The highest BCUT2D eigenvalue weighted by molar-refractivity contribution is 6.73. The van der Waals surface area contributed by atoms with Crippen LogP contribution in [-0.2, 0) is 14.2 Å². The van der Waals surface area contributed by atoms with E-state index in [2.05, 4.69) is 51.1 Å². The van der Waals surface area contributed by atoms with E-state index in [9.17, 15) is 0 Å². The largest absolute Gasteiger partial charge is 0.351 e. The predicted octanol–water partition coefficient (Wildman–Crippen LogP) is 5.64. The first kappa shape index (κ1) is 18.7.